The topological polar surface area (TPSA) is 40.5 Å². The standard InChI is InChI=1S/C11H11Cl2NO2/c12-6-10(16)14-5-1-2-7-8(14)3-4-9(15)11(7)13/h3-4,15H,1-2,5-6H2. The monoisotopic (exact) mass is 259 g/mol. The Hall–Kier alpha value is -0.930. The summed E-state index contributed by atoms with van der Waals surface area (Å²) in [5.41, 5.74) is 1.59. The molecule has 1 aromatic carbocycles. The van der Waals surface area contributed by atoms with Gasteiger partial charge in [-0.3, -0.25) is 4.79 Å². The molecular weight excluding hydrogens is 249 g/mol. The predicted octanol–water partition coefficient (Wildman–Crippen LogP) is 2.56. The summed E-state index contributed by atoms with van der Waals surface area (Å²) < 4.78 is 0. The highest BCUT2D eigenvalue weighted by molar-refractivity contribution is 6.33. The number of amides is 1. The number of phenolic OH excluding ortho intramolecular Hbond substituents is 1. The van der Waals surface area contributed by atoms with Gasteiger partial charge in [-0.2, -0.15) is 0 Å². The fourth-order valence-electron chi connectivity index (χ4n) is 1.95. The second-order valence-corrected chi connectivity index (χ2v) is 4.32. The van der Waals surface area contributed by atoms with E-state index in [2.05, 4.69) is 0 Å². The first-order chi connectivity index (χ1) is 7.65. The van der Waals surface area contributed by atoms with E-state index in [4.69, 9.17) is 23.2 Å². The van der Waals surface area contributed by atoms with Crippen molar-refractivity contribution >= 4 is 34.8 Å². The van der Waals surface area contributed by atoms with E-state index < -0.39 is 0 Å². The Morgan fingerprint density at radius 1 is 1.50 bits per heavy atom. The second-order valence-electron chi connectivity index (χ2n) is 3.68. The summed E-state index contributed by atoms with van der Waals surface area (Å²) in [6.07, 6.45) is 1.60. The number of anilines is 1. The number of benzene rings is 1. The molecule has 1 aromatic rings. The molecule has 0 spiro atoms. The van der Waals surface area contributed by atoms with Gasteiger partial charge >= 0.3 is 0 Å². The Kier molecular flexibility index (Phi) is 3.26. The second kappa shape index (κ2) is 4.52. The van der Waals surface area contributed by atoms with E-state index >= 15 is 0 Å². The molecule has 16 heavy (non-hydrogen) atoms. The maximum Gasteiger partial charge on any atom is 0.241 e. The zero-order valence-electron chi connectivity index (χ0n) is 8.54. The Morgan fingerprint density at radius 2 is 2.25 bits per heavy atom. The highest BCUT2D eigenvalue weighted by Gasteiger charge is 2.24. The average Bonchev–Trinajstić information content (AvgIpc) is 2.32. The van der Waals surface area contributed by atoms with Crippen molar-refractivity contribution in [3.05, 3.63) is 22.7 Å². The van der Waals surface area contributed by atoms with Crippen molar-refractivity contribution in [2.45, 2.75) is 12.8 Å². The van der Waals surface area contributed by atoms with E-state index in [1.807, 2.05) is 0 Å². The highest BCUT2D eigenvalue weighted by Crippen LogP contribution is 2.37. The van der Waals surface area contributed by atoms with Crippen molar-refractivity contribution in [1.29, 1.82) is 0 Å². The lowest BCUT2D eigenvalue weighted by Gasteiger charge is -2.29. The molecule has 1 N–H and O–H groups in total. The van der Waals surface area contributed by atoms with Crippen molar-refractivity contribution in [3.8, 4) is 5.75 Å². The third-order valence-corrected chi connectivity index (χ3v) is 3.36. The molecule has 0 unspecified atom stereocenters. The molecule has 0 saturated heterocycles. The van der Waals surface area contributed by atoms with Crippen LogP contribution in [0.5, 0.6) is 5.75 Å². The lowest BCUT2D eigenvalue weighted by atomic mass is 10.0. The van der Waals surface area contributed by atoms with Gasteiger partial charge in [-0.05, 0) is 30.5 Å². The fraction of sp³-hybridized carbons (Fsp3) is 0.364. The molecule has 1 aliphatic heterocycles. The summed E-state index contributed by atoms with van der Waals surface area (Å²) in [4.78, 5) is 13.2. The number of nitrogens with zero attached hydrogens (tertiary/aromatic N) is 1. The number of phenols is 1. The molecule has 0 atom stereocenters. The molecule has 0 aromatic heterocycles. The minimum absolute atomic E-state index is 0.0437. The summed E-state index contributed by atoms with van der Waals surface area (Å²) in [6, 6.07) is 3.21. The first-order valence-electron chi connectivity index (χ1n) is 5.02. The van der Waals surface area contributed by atoms with Gasteiger partial charge in [0, 0.05) is 12.2 Å². The third kappa shape index (κ3) is 1.85. The highest BCUT2D eigenvalue weighted by atomic mass is 35.5. The SMILES string of the molecule is O=C(CCl)N1CCCc2c1ccc(O)c2Cl. The van der Waals surface area contributed by atoms with E-state index in [0.717, 1.165) is 24.1 Å². The number of hydrogen-bond donors (Lipinski definition) is 1. The molecule has 0 fully saturated rings. The molecule has 2 rings (SSSR count). The smallest absolute Gasteiger partial charge is 0.241 e. The summed E-state index contributed by atoms with van der Waals surface area (Å²) >= 11 is 11.6. The molecule has 0 bridgehead atoms. The predicted molar refractivity (Wildman–Crippen MR) is 64.5 cm³/mol. The number of alkyl halides is 1. The van der Waals surface area contributed by atoms with Gasteiger partial charge < -0.3 is 10.0 Å². The lowest BCUT2D eigenvalue weighted by molar-refractivity contribution is -0.116. The number of aromatic hydroxyl groups is 1. The van der Waals surface area contributed by atoms with E-state index in [0.29, 0.717) is 11.6 Å². The molecule has 0 saturated carbocycles. The number of fused-ring (bicyclic) bond motifs is 1. The van der Waals surface area contributed by atoms with E-state index in [1.165, 1.54) is 6.07 Å². The summed E-state index contributed by atoms with van der Waals surface area (Å²) in [5, 5.41) is 9.83. The minimum Gasteiger partial charge on any atom is -0.506 e. The molecule has 0 aliphatic carbocycles. The molecule has 3 nitrogen and oxygen atoms in total. The van der Waals surface area contributed by atoms with Crippen LogP contribution in [-0.4, -0.2) is 23.4 Å². The van der Waals surface area contributed by atoms with E-state index in [9.17, 15) is 9.90 Å². The van der Waals surface area contributed by atoms with Crippen LogP contribution < -0.4 is 4.90 Å². The zero-order chi connectivity index (χ0) is 11.7. The molecule has 86 valence electrons. The Labute approximate surface area is 104 Å². The summed E-state index contributed by atoms with van der Waals surface area (Å²) in [5.74, 6) is -0.122. The molecular formula is C11H11Cl2NO2. The van der Waals surface area contributed by atoms with Crippen LogP contribution in [0.4, 0.5) is 5.69 Å². The van der Waals surface area contributed by atoms with Crippen LogP contribution in [0.15, 0.2) is 12.1 Å². The maximum atomic E-state index is 11.6. The maximum absolute atomic E-state index is 11.6. The number of halogens is 2. The largest absolute Gasteiger partial charge is 0.506 e. The van der Waals surface area contributed by atoms with Crippen LogP contribution in [-0.2, 0) is 11.2 Å². The van der Waals surface area contributed by atoms with Crippen LogP contribution in [0.2, 0.25) is 5.02 Å². The molecule has 0 radical (unpaired) electrons. The van der Waals surface area contributed by atoms with E-state index in [1.54, 1.807) is 11.0 Å². The quantitative estimate of drug-likeness (QED) is 0.788. The number of hydrogen-bond acceptors (Lipinski definition) is 2. The van der Waals surface area contributed by atoms with Gasteiger partial charge in [0.15, 0.2) is 0 Å². The van der Waals surface area contributed by atoms with Crippen molar-refractivity contribution in [1.82, 2.24) is 0 Å². The average molecular weight is 260 g/mol. The van der Waals surface area contributed by atoms with Crippen molar-refractivity contribution in [2.75, 3.05) is 17.3 Å². The van der Waals surface area contributed by atoms with Crippen LogP contribution in [0.1, 0.15) is 12.0 Å². The van der Waals surface area contributed by atoms with Crippen LogP contribution in [0.3, 0.4) is 0 Å². The number of carbonyl (C=O) groups excluding carboxylic acids is 1. The Morgan fingerprint density at radius 3 is 2.94 bits per heavy atom. The van der Waals surface area contributed by atoms with Gasteiger partial charge in [-0.15, -0.1) is 11.6 Å². The van der Waals surface area contributed by atoms with Crippen molar-refractivity contribution in [3.63, 3.8) is 0 Å². The van der Waals surface area contributed by atoms with Gasteiger partial charge in [0.2, 0.25) is 5.91 Å². The molecule has 1 amide bonds. The van der Waals surface area contributed by atoms with Crippen molar-refractivity contribution < 1.29 is 9.90 Å². The van der Waals surface area contributed by atoms with Gasteiger partial charge in [0.05, 0.1) is 5.02 Å². The van der Waals surface area contributed by atoms with Crippen LogP contribution >= 0.6 is 23.2 Å². The zero-order valence-corrected chi connectivity index (χ0v) is 10.1. The minimum atomic E-state index is -0.135. The molecule has 1 heterocycles. The van der Waals surface area contributed by atoms with Gasteiger partial charge in [0.25, 0.3) is 0 Å². The van der Waals surface area contributed by atoms with Gasteiger partial charge in [0.1, 0.15) is 11.6 Å². The summed E-state index contributed by atoms with van der Waals surface area (Å²) in [6.45, 7) is 0.652. The Bertz CT molecular complexity index is 434. The first-order valence-corrected chi connectivity index (χ1v) is 5.93. The Balaban J connectivity index is 2.47. The van der Waals surface area contributed by atoms with E-state index in [-0.39, 0.29) is 17.5 Å². The number of carbonyl (C=O) groups is 1. The van der Waals surface area contributed by atoms with Gasteiger partial charge in [-0.25, -0.2) is 0 Å². The van der Waals surface area contributed by atoms with Crippen LogP contribution in [0.25, 0.3) is 0 Å². The summed E-state index contributed by atoms with van der Waals surface area (Å²) in [7, 11) is 0. The number of rotatable bonds is 1. The molecule has 5 heteroatoms. The normalized spacial score (nSPS) is 14.8. The third-order valence-electron chi connectivity index (χ3n) is 2.71. The fourth-order valence-corrected chi connectivity index (χ4v) is 2.35. The first kappa shape index (κ1) is 11.6. The van der Waals surface area contributed by atoms with Crippen molar-refractivity contribution in [2.24, 2.45) is 0 Å². The molecule has 1 aliphatic rings. The lowest BCUT2D eigenvalue weighted by Crippen LogP contribution is -2.36. The van der Waals surface area contributed by atoms with Crippen LogP contribution in [0, 0.1) is 0 Å². The van der Waals surface area contributed by atoms with Gasteiger partial charge in [-0.1, -0.05) is 11.6 Å².